The molecule has 0 aromatic carbocycles. The maximum atomic E-state index is 11.7. The second-order valence-electron chi connectivity index (χ2n) is 4.30. The van der Waals surface area contributed by atoms with Gasteiger partial charge in [0.15, 0.2) is 0 Å². The normalized spacial score (nSPS) is 10.4. The van der Waals surface area contributed by atoms with E-state index in [4.69, 9.17) is 5.11 Å². The van der Waals surface area contributed by atoms with Gasteiger partial charge in [-0.3, -0.25) is 14.3 Å². The van der Waals surface area contributed by atoms with Crippen LogP contribution in [0.1, 0.15) is 17.7 Å². The van der Waals surface area contributed by atoms with Crippen molar-refractivity contribution >= 4 is 28.9 Å². The van der Waals surface area contributed by atoms with Crippen molar-refractivity contribution < 1.29 is 14.7 Å². The molecule has 0 aliphatic rings. The summed E-state index contributed by atoms with van der Waals surface area (Å²) in [7, 11) is 0. The first-order valence-corrected chi connectivity index (χ1v) is 7.08. The van der Waals surface area contributed by atoms with Crippen LogP contribution in [0.15, 0.2) is 29.9 Å². The van der Waals surface area contributed by atoms with Gasteiger partial charge in [-0.2, -0.15) is 5.10 Å². The topological polar surface area (TPSA) is 84.2 Å². The Kier molecular flexibility index (Phi) is 4.89. The summed E-state index contributed by atoms with van der Waals surface area (Å²) in [6.45, 7) is -0.214. The Bertz CT molecular complexity index is 577. The van der Waals surface area contributed by atoms with Gasteiger partial charge in [0.05, 0.1) is 11.9 Å². The van der Waals surface area contributed by atoms with Gasteiger partial charge in [0.2, 0.25) is 5.91 Å². The molecule has 6 nitrogen and oxygen atoms in total. The van der Waals surface area contributed by atoms with Crippen molar-refractivity contribution in [1.29, 1.82) is 0 Å². The van der Waals surface area contributed by atoms with Crippen LogP contribution >= 0.6 is 11.3 Å². The van der Waals surface area contributed by atoms with Crippen LogP contribution in [-0.4, -0.2) is 26.8 Å². The van der Waals surface area contributed by atoms with Gasteiger partial charge in [0.25, 0.3) is 0 Å². The van der Waals surface area contributed by atoms with Crippen LogP contribution in [0.2, 0.25) is 0 Å². The quantitative estimate of drug-likeness (QED) is 0.817. The van der Waals surface area contributed by atoms with Crippen LogP contribution in [0.3, 0.4) is 0 Å². The number of hydrogen-bond acceptors (Lipinski definition) is 4. The minimum absolute atomic E-state index is 0.0866. The maximum absolute atomic E-state index is 11.7. The van der Waals surface area contributed by atoms with E-state index in [0.717, 1.165) is 12.8 Å². The Morgan fingerprint density at radius 1 is 1.45 bits per heavy atom. The lowest BCUT2D eigenvalue weighted by molar-refractivity contribution is -0.137. The summed E-state index contributed by atoms with van der Waals surface area (Å²) in [5.74, 6) is -1.06. The van der Waals surface area contributed by atoms with Crippen LogP contribution < -0.4 is 5.32 Å². The van der Waals surface area contributed by atoms with Crippen molar-refractivity contribution in [3.8, 4) is 0 Å². The number of nitrogens with one attached hydrogen (secondary N) is 1. The molecule has 2 aromatic heterocycles. The SMILES string of the molecule is O=C(O)Cn1cc(NC(=O)CCCc2cccs2)cn1. The van der Waals surface area contributed by atoms with Gasteiger partial charge in [0, 0.05) is 17.5 Å². The summed E-state index contributed by atoms with van der Waals surface area (Å²) in [4.78, 5) is 23.5. The third-order valence-electron chi connectivity index (χ3n) is 2.62. The van der Waals surface area contributed by atoms with Crippen molar-refractivity contribution in [2.45, 2.75) is 25.8 Å². The number of carboxylic acids is 1. The highest BCUT2D eigenvalue weighted by Crippen LogP contribution is 2.12. The monoisotopic (exact) mass is 293 g/mol. The highest BCUT2D eigenvalue weighted by molar-refractivity contribution is 7.09. The molecule has 0 atom stereocenters. The smallest absolute Gasteiger partial charge is 0.325 e. The zero-order valence-electron chi connectivity index (χ0n) is 10.8. The molecule has 1 amide bonds. The van der Waals surface area contributed by atoms with Gasteiger partial charge < -0.3 is 10.4 Å². The zero-order valence-corrected chi connectivity index (χ0v) is 11.6. The number of carboxylic acid groups (broad SMARTS) is 1. The summed E-state index contributed by atoms with van der Waals surface area (Å²) in [6.07, 6.45) is 5.06. The lowest BCUT2D eigenvalue weighted by Gasteiger charge is -2.01. The summed E-state index contributed by atoms with van der Waals surface area (Å²) in [5, 5.41) is 17.2. The third-order valence-corrected chi connectivity index (χ3v) is 3.56. The van der Waals surface area contributed by atoms with Crippen LogP contribution in [0.5, 0.6) is 0 Å². The number of aliphatic carboxylic acids is 1. The molecule has 0 unspecified atom stereocenters. The molecule has 0 spiro atoms. The molecule has 2 aromatic rings. The van der Waals surface area contributed by atoms with Crippen molar-refractivity contribution in [2.75, 3.05) is 5.32 Å². The second-order valence-corrected chi connectivity index (χ2v) is 5.33. The summed E-state index contributed by atoms with van der Waals surface area (Å²) < 4.78 is 1.27. The number of aryl methyl sites for hydroxylation is 1. The molecule has 0 aliphatic heterocycles. The fourth-order valence-corrected chi connectivity index (χ4v) is 2.51. The number of carbonyl (C=O) groups is 2. The molecule has 2 heterocycles. The van der Waals surface area contributed by atoms with Crippen molar-refractivity contribution in [1.82, 2.24) is 9.78 Å². The van der Waals surface area contributed by atoms with Gasteiger partial charge >= 0.3 is 5.97 Å². The average Bonchev–Trinajstić information content (AvgIpc) is 3.00. The number of rotatable bonds is 7. The van der Waals surface area contributed by atoms with Gasteiger partial charge in [0.1, 0.15) is 6.54 Å². The van der Waals surface area contributed by atoms with Crippen LogP contribution in [0.4, 0.5) is 5.69 Å². The minimum Gasteiger partial charge on any atom is -0.480 e. The average molecular weight is 293 g/mol. The zero-order chi connectivity index (χ0) is 14.4. The molecular weight excluding hydrogens is 278 g/mol. The molecule has 0 aliphatic carbocycles. The molecule has 106 valence electrons. The highest BCUT2D eigenvalue weighted by Gasteiger charge is 2.06. The van der Waals surface area contributed by atoms with Crippen LogP contribution in [-0.2, 0) is 22.6 Å². The Labute approximate surface area is 120 Å². The number of amides is 1. The molecule has 0 fully saturated rings. The molecule has 2 N–H and O–H groups in total. The number of anilines is 1. The Balaban J connectivity index is 1.73. The van der Waals surface area contributed by atoms with Gasteiger partial charge in [-0.15, -0.1) is 11.3 Å². The molecule has 20 heavy (non-hydrogen) atoms. The fourth-order valence-electron chi connectivity index (χ4n) is 1.75. The fraction of sp³-hybridized carbons (Fsp3) is 0.308. The predicted octanol–water partition coefficient (Wildman–Crippen LogP) is 1.99. The van der Waals surface area contributed by atoms with Gasteiger partial charge in [-0.1, -0.05) is 6.07 Å². The summed E-state index contributed by atoms with van der Waals surface area (Å²) >= 11 is 1.69. The Morgan fingerprint density at radius 3 is 3.00 bits per heavy atom. The Hall–Kier alpha value is -2.15. The van der Waals surface area contributed by atoms with E-state index in [1.807, 2.05) is 11.4 Å². The van der Waals surface area contributed by atoms with Gasteiger partial charge in [-0.25, -0.2) is 0 Å². The standard InChI is InChI=1S/C13H15N3O3S/c17-12(5-1-3-11-4-2-6-20-11)15-10-7-14-16(8-10)9-13(18)19/h2,4,6-8H,1,3,5,9H2,(H,15,17)(H,18,19). The van der Waals surface area contributed by atoms with Crippen molar-refractivity contribution in [2.24, 2.45) is 0 Å². The number of thiophene rings is 1. The Morgan fingerprint density at radius 2 is 2.30 bits per heavy atom. The number of carbonyl (C=O) groups excluding carboxylic acids is 1. The van der Waals surface area contributed by atoms with E-state index >= 15 is 0 Å². The van der Waals surface area contributed by atoms with E-state index in [1.165, 1.54) is 22.0 Å². The van der Waals surface area contributed by atoms with E-state index in [-0.39, 0.29) is 12.5 Å². The van der Waals surface area contributed by atoms with Crippen LogP contribution in [0, 0.1) is 0 Å². The number of aromatic nitrogens is 2. The number of hydrogen-bond donors (Lipinski definition) is 2. The predicted molar refractivity (Wildman–Crippen MR) is 75.7 cm³/mol. The molecule has 0 bridgehead atoms. The highest BCUT2D eigenvalue weighted by atomic mass is 32.1. The minimum atomic E-state index is -0.970. The first-order valence-electron chi connectivity index (χ1n) is 6.20. The molecule has 2 rings (SSSR count). The van der Waals surface area contributed by atoms with Crippen LogP contribution in [0.25, 0.3) is 0 Å². The van der Waals surface area contributed by atoms with Crippen molar-refractivity contribution in [3.63, 3.8) is 0 Å². The largest absolute Gasteiger partial charge is 0.480 e. The third kappa shape index (κ3) is 4.51. The lowest BCUT2D eigenvalue weighted by Crippen LogP contribution is -2.11. The van der Waals surface area contributed by atoms with E-state index in [9.17, 15) is 9.59 Å². The van der Waals surface area contributed by atoms with Gasteiger partial charge in [-0.05, 0) is 24.3 Å². The summed E-state index contributed by atoms with van der Waals surface area (Å²) in [5.41, 5.74) is 0.521. The molecule has 0 saturated carbocycles. The molecular formula is C13H15N3O3S. The second kappa shape index (κ2) is 6.85. The van der Waals surface area contributed by atoms with E-state index in [0.29, 0.717) is 12.1 Å². The molecule has 0 radical (unpaired) electrons. The maximum Gasteiger partial charge on any atom is 0.325 e. The lowest BCUT2D eigenvalue weighted by atomic mass is 10.2. The van der Waals surface area contributed by atoms with E-state index in [1.54, 1.807) is 11.3 Å². The van der Waals surface area contributed by atoms with E-state index < -0.39 is 5.97 Å². The number of nitrogens with zero attached hydrogens (tertiary/aromatic N) is 2. The first kappa shape index (κ1) is 14.3. The first-order chi connectivity index (χ1) is 9.63. The molecule has 0 saturated heterocycles. The van der Waals surface area contributed by atoms with E-state index in [2.05, 4.69) is 16.5 Å². The molecule has 7 heteroatoms. The summed E-state index contributed by atoms with van der Waals surface area (Å²) in [6, 6.07) is 4.05. The van der Waals surface area contributed by atoms with Crippen molar-refractivity contribution in [3.05, 3.63) is 34.8 Å².